The summed E-state index contributed by atoms with van der Waals surface area (Å²) in [5.41, 5.74) is 1.72. The van der Waals surface area contributed by atoms with Crippen molar-refractivity contribution in [2.24, 2.45) is 0 Å². The number of nitro groups is 1. The van der Waals surface area contributed by atoms with Gasteiger partial charge in [-0.15, -0.1) is 11.3 Å². The van der Waals surface area contributed by atoms with E-state index < -0.39 is 4.92 Å². The zero-order valence-electron chi connectivity index (χ0n) is 10.6. The van der Waals surface area contributed by atoms with E-state index in [1.165, 1.54) is 17.4 Å². The molecule has 0 aliphatic heterocycles. The molecule has 0 amide bonds. The maximum absolute atomic E-state index is 10.8. The van der Waals surface area contributed by atoms with Crippen LogP contribution in [-0.4, -0.2) is 17.0 Å². The predicted molar refractivity (Wildman–Crippen MR) is 78.3 cm³/mol. The first-order chi connectivity index (χ1) is 9.69. The molecule has 0 aliphatic rings. The number of fused-ring (bicyclic) bond motifs is 1. The van der Waals surface area contributed by atoms with Crippen molar-refractivity contribution in [3.8, 4) is 16.3 Å². The molecule has 0 aliphatic carbocycles. The van der Waals surface area contributed by atoms with Gasteiger partial charge >= 0.3 is 0 Å². The summed E-state index contributed by atoms with van der Waals surface area (Å²) >= 11 is 1.42. The van der Waals surface area contributed by atoms with Gasteiger partial charge in [-0.3, -0.25) is 10.1 Å². The topological polar surface area (TPSA) is 65.3 Å². The van der Waals surface area contributed by atoms with E-state index in [4.69, 9.17) is 4.74 Å². The Labute approximate surface area is 118 Å². The lowest BCUT2D eigenvalue weighted by atomic mass is 10.2. The van der Waals surface area contributed by atoms with Crippen molar-refractivity contribution in [1.29, 1.82) is 0 Å². The van der Waals surface area contributed by atoms with E-state index in [0.29, 0.717) is 0 Å². The van der Waals surface area contributed by atoms with Crippen LogP contribution in [0.1, 0.15) is 0 Å². The van der Waals surface area contributed by atoms with Crippen molar-refractivity contribution < 1.29 is 9.66 Å². The molecule has 0 saturated heterocycles. The number of hydrogen-bond donors (Lipinski definition) is 0. The molecule has 6 heteroatoms. The zero-order chi connectivity index (χ0) is 14.1. The van der Waals surface area contributed by atoms with E-state index in [1.807, 2.05) is 24.3 Å². The zero-order valence-corrected chi connectivity index (χ0v) is 11.4. The molecule has 0 N–H and O–H groups in total. The maximum atomic E-state index is 10.8. The number of methoxy groups -OCH3 is 1. The molecule has 3 rings (SSSR count). The van der Waals surface area contributed by atoms with Crippen molar-refractivity contribution in [3.63, 3.8) is 0 Å². The van der Waals surface area contributed by atoms with Crippen LogP contribution in [-0.2, 0) is 0 Å². The predicted octanol–water partition coefficient (Wildman–Crippen LogP) is 3.88. The van der Waals surface area contributed by atoms with Gasteiger partial charge in [0, 0.05) is 12.1 Å². The number of nitrogens with zero attached hydrogens (tertiary/aromatic N) is 2. The monoisotopic (exact) mass is 286 g/mol. The summed E-state index contributed by atoms with van der Waals surface area (Å²) in [4.78, 5) is 14.9. The van der Waals surface area contributed by atoms with Gasteiger partial charge in [-0.1, -0.05) is 12.1 Å². The first kappa shape index (κ1) is 12.6. The largest absolute Gasteiger partial charge is 0.496 e. The van der Waals surface area contributed by atoms with Crippen molar-refractivity contribution in [2.45, 2.75) is 0 Å². The highest BCUT2D eigenvalue weighted by Crippen LogP contribution is 2.36. The Hall–Kier alpha value is -2.47. The molecule has 5 nitrogen and oxygen atoms in total. The quantitative estimate of drug-likeness (QED) is 0.541. The molecule has 0 spiro atoms. The summed E-state index contributed by atoms with van der Waals surface area (Å²) in [6.45, 7) is 0. The first-order valence-corrected chi connectivity index (χ1v) is 6.69. The van der Waals surface area contributed by atoms with Crippen LogP contribution in [0, 0.1) is 10.1 Å². The second-order valence-electron chi connectivity index (χ2n) is 4.13. The third-order valence-electron chi connectivity index (χ3n) is 2.92. The molecule has 0 unspecified atom stereocenters. The fraction of sp³-hybridized carbons (Fsp3) is 0.0714. The van der Waals surface area contributed by atoms with Gasteiger partial charge in [-0.25, -0.2) is 4.98 Å². The van der Waals surface area contributed by atoms with Crippen molar-refractivity contribution >= 4 is 27.2 Å². The summed E-state index contributed by atoms with van der Waals surface area (Å²) in [5.74, 6) is 0.737. The second kappa shape index (κ2) is 4.90. The van der Waals surface area contributed by atoms with Gasteiger partial charge < -0.3 is 4.74 Å². The summed E-state index contributed by atoms with van der Waals surface area (Å²) in [6, 6.07) is 12.3. The minimum Gasteiger partial charge on any atom is -0.496 e. The normalized spacial score (nSPS) is 10.7. The summed E-state index contributed by atoms with van der Waals surface area (Å²) in [5, 5.41) is 11.6. The number of hydrogen-bond acceptors (Lipinski definition) is 5. The van der Waals surface area contributed by atoms with Crippen molar-refractivity contribution in [3.05, 3.63) is 52.6 Å². The minimum absolute atomic E-state index is 0.0766. The van der Waals surface area contributed by atoms with Crippen LogP contribution in [0.3, 0.4) is 0 Å². The van der Waals surface area contributed by atoms with E-state index in [2.05, 4.69) is 4.98 Å². The number of thiazole rings is 1. The number of para-hydroxylation sites is 1. The highest BCUT2D eigenvalue weighted by atomic mass is 32.1. The molecule has 0 radical (unpaired) electrons. The summed E-state index contributed by atoms with van der Waals surface area (Å²) in [7, 11) is 1.61. The van der Waals surface area contributed by atoms with Crippen LogP contribution in [0.2, 0.25) is 0 Å². The third-order valence-corrected chi connectivity index (χ3v) is 3.97. The number of ether oxygens (including phenoxy) is 1. The van der Waals surface area contributed by atoms with E-state index >= 15 is 0 Å². The Kier molecular flexibility index (Phi) is 3.08. The molecule has 0 atom stereocenters. The number of non-ortho nitro benzene ring substituents is 1. The van der Waals surface area contributed by atoms with Gasteiger partial charge in [-0.2, -0.15) is 0 Å². The average Bonchev–Trinajstić information content (AvgIpc) is 2.89. The molecule has 1 aromatic heterocycles. The molecule has 0 bridgehead atoms. The van der Waals surface area contributed by atoms with Gasteiger partial charge in [0.05, 0.1) is 27.8 Å². The first-order valence-electron chi connectivity index (χ1n) is 5.87. The molecule has 100 valence electrons. The Balaban J connectivity index is 2.15. The van der Waals surface area contributed by atoms with E-state index in [9.17, 15) is 10.1 Å². The Morgan fingerprint density at radius 1 is 1.25 bits per heavy atom. The lowest BCUT2D eigenvalue weighted by Crippen LogP contribution is -1.86. The highest BCUT2D eigenvalue weighted by Gasteiger charge is 2.13. The number of aromatic nitrogens is 1. The number of nitro benzene ring substituents is 1. The average molecular weight is 286 g/mol. The van der Waals surface area contributed by atoms with Crippen molar-refractivity contribution in [1.82, 2.24) is 4.98 Å². The highest BCUT2D eigenvalue weighted by molar-refractivity contribution is 7.21. The minimum atomic E-state index is -0.401. The van der Waals surface area contributed by atoms with Gasteiger partial charge in [0.25, 0.3) is 5.69 Å². The summed E-state index contributed by atoms with van der Waals surface area (Å²) in [6.07, 6.45) is 0. The molecule has 20 heavy (non-hydrogen) atoms. The Morgan fingerprint density at radius 3 is 2.80 bits per heavy atom. The molecule has 0 saturated carbocycles. The van der Waals surface area contributed by atoms with Crippen LogP contribution in [0.15, 0.2) is 42.5 Å². The molecule has 1 heterocycles. The number of benzene rings is 2. The molecular formula is C14H10N2O3S. The molecule has 2 aromatic carbocycles. The molecule has 3 aromatic rings. The molecular weight excluding hydrogens is 276 g/mol. The van der Waals surface area contributed by atoms with Gasteiger partial charge in [-0.05, 0) is 18.2 Å². The van der Waals surface area contributed by atoms with Gasteiger partial charge in [0.15, 0.2) is 0 Å². The summed E-state index contributed by atoms with van der Waals surface area (Å²) < 4.78 is 6.11. The standard InChI is InChI=1S/C14H10N2O3S/c1-19-12-5-3-2-4-10(12)14-15-11-7-6-9(16(17)18)8-13(11)20-14/h2-8H,1H3. The maximum Gasteiger partial charge on any atom is 0.270 e. The lowest BCUT2D eigenvalue weighted by Gasteiger charge is -2.04. The van der Waals surface area contributed by atoms with Crippen LogP contribution in [0.4, 0.5) is 5.69 Å². The fourth-order valence-electron chi connectivity index (χ4n) is 1.96. The van der Waals surface area contributed by atoms with Crippen LogP contribution in [0.25, 0.3) is 20.8 Å². The second-order valence-corrected chi connectivity index (χ2v) is 5.16. The Bertz CT molecular complexity index is 798. The SMILES string of the molecule is COc1ccccc1-c1nc2ccc([N+](=O)[O-])cc2s1. The smallest absolute Gasteiger partial charge is 0.270 e. The van der Waals surface area contributed by atoms with Crippen LogP contribution in [0.5, 0.6) is 5.75 Å². The van der Waals surface area contributed by atoms with Crippen LogP contribution >= 0.6 is 11.3 Å². The third kappa shape index (κ3) is 2.10. The Morgan fingerprint density at radius 2 is 2.05 bits per heavy atom. The van der Waals surface area contributed by atoms with E-state index in [1.54, 1.807) is 19.2 Å². The van der Waals surface area contributed by atoms with Crippen molar-refractivity contribution in [2.75, 3.05) is 7.11 Å². The van der Waals surface area contributed by atoms with E-state index in [0.717, 1.165) is 26.5 Å². The van der Waals surface area contributed by atoms with Gasteiger partial charge in [0.1, 0.15) is 10.8 Å². The lowest BCUT2D eigenvalue weighted by molar-refractivity contribution is -0.384. The number of rotatable bonds is 3. The van der Waals surface area contributed by atoms with E-state index in [-0.39, 0.29) is 5.69 Å². The van der Waals surface area contributed by atoms with Crippen LogP contribution < -0.4 is 4.74 Å². The molecule has 0 fully saturated rings. The van der Waals surface area contributed by atoms with Gasteiger partial charge in [0.2, 0.25) is 0 Å². The fourth-order valence-corrected chi connectivity index (χ4v) is 2.99.